The van der Waals surface area contributed by atoms with E-state index >= 15 is 0 Å². The van der Waals surface area contributed by atoms with Crippen LogP contribution in [0.3, 0.4) is 0 Å². The Labute approximate surface area is 128 Å². The molecule has 1 fully saturated rings. The Hall–Kier alpha value is -1.44. The number of benzene rings is 1. The average molecular weight is 327 g/mol. The Balaban J connectivity index is 1.72. The Bertz CT molecular complexity index is 692. The second-order valence-corrected chi connectivity index (χ2v) is 7.35. The van der Waals surface area contributed by atoms with Crippen LogP contribution < -0.4 is 0 Å². The fourth-order valence-corrected chi connectivity index (χ4v) is 4.11. The van der Waals surface area contributed by atoms with Gasteiger partial charge in [0.1, 0.15) is 0 Å². The van der Waals surface area contributed by atoms with Gasteiger partial charge in [0.2, 0.25) is 10.0 Å². The molecule has 1 aromatic carbocycles. The summed E-state index contributed by atoms with van der Waals surface area (Å²) in [5, 5.41) is 8.30. The number of nitrogens with zero attached hydrogens (tertiary/aromatic N) is 4. The molecule has 2 heterocycles. The molecule has 3 rings (SSSR count). The SMILES string of the molecule is O=S(=O)(c1ccc(Cl)cc1)N1CCC(n2ccnn2)CC1. The summed E-state index contributed by atoms with van der Waals surface area (Å²) in [7, 11) is -3.44. The molecular weight excluding hydrogens is 312 g/mol. The number of hydrogen-bond acceptors (Lipinski definition) is 4. The standard InChI is InChI=1S/C13H15ClN4O2S/c14-11-1-3-13(4-2-11)21(19,20)17-8-5-12(6-9-17)18-10-7-15-16-18/h1-4,7,10,12H,5-6,8-9H2. The minimum atomic E-state index is -3.44. The molecule has 0 unspecified atom stereocenters. The van der Waals surface area contributed by atoms with Crippen molar-refractivity contribution in [1.29, 1.82) is 0 Å². The Morgan fingerprint density at radius 2 is 1.81 bits per heavy atom. The van der Waals surface area contributed by atoms with E-state index in [2.05, 4.69) is 10.3 Å². The predicted octanol–water partition coefficient (Wildman–Crippen LogP) is 1.96. The van der Waals surface area contributed by atoms with E-state index in [0.29, 0.717) is 18.1 Å². The van der Waals surface area contributed by atoms with E-state index in [1.54, 1.807) is 35.1 Å². The largest absolute Gasteiger partial charge is 0.249 e. The lowest BCUT2D eigenvalue weighted by molar-refractivity contribution is 0.258. The second kappa shape index (κ2) is 5.75. The highest BCUT2D eigenvalue weighted by Crippen LogP contribution is 2.26. The summed E-state index contributed by atoms with van der Waals surface area (Å²) in [5.74, 6) is 0. The van der Waals surface area contributed by atoms with Gasteiger partial charge in [-0.3, -0.25) is 0 Å². The first-order valence-corrected chi connectivity index (χ1v) is 8.51. The molecule has 0 saturated carbocycles. The fraction of sp³-hybridized carbons (Fsp3) is 0.385. The summed E-state index contributed by atoms with van der Waals surface area (Å²) in [5.41, 5.74) is 0. The van der Waals surface area contributed by atoms with Crippen molar-refractivity contribution in [3.05, 3.63) is 41.7 Å². The van der Waals surface area contributed by atoms with Crippen LogP contribution in [0.1, 0.15) is 18.9 Å². The van der Waals surface area contributed by atoms with Crippen LogP contribution in [0, 0.1) is 0 Å². The van der Waals surface area contributed by atoms with Gasteiger partial charge in [-0.05, 0) is 37.1 Å². The van der Waals surface area contributed by atoms with Crippen molar-refractivity contribution < 1.29 is 8.42 Å². The third-order valence-corrected chi connectivity index (χ3v) is 5.85. The Morgan fingerprint density at radius 3 is 2.38 bits per heavy atom. The molecular formula is C13H15ClN4O2S. The first-order valence-electron chi connectivity index (χ1n) is 6.69. The molecule has 0 bridgehead atoms. The number of piperidine rings is 1. The first kappa shape index (κ1) is 14.5. The zero-order chi connectivity index (χ0) is 14.9. The molecule has 6 nitrogen and oxygen atoms in total. The molecule has 0 amide bonds. The first-order chi connectivity index (χ1) is 10.1. The minimum absolute atomic E-state index is 0.212. The van der Waals surface area contributed by atoms with Gasteiger partial charge in [0.05, 0.1) is 17.1 Å². The topological polar surface area (TPSA) is 68.1 Å². The number of halogens is 1. The van der Waals surface area contributed by atoms with Crippen LogP contribution in [0.4, 0.5) is 0 Å². The van der Waals surface area contributed by atoms with E-state index in [4.69, 9.17) is 11.6 Å². The molecule has 0 N–H and O–H groups in total. The summed E-state index contributed by atoms with van der Waals surface area (Å²) in [6.45, 7) is 0.963. The van der Waals surface area contributed by atoms with Crippen molar-refractivity contribution in [3.63, 3.8) is 0 Å². The van der Waals surface area contributed by atoms with Crippen LogP contribution >= 0.6 is 11.6 Å². The van der Waals surface area contributed by atoms with Gasteiger partial charge in [0.25, 0.3) is 0 Å². The van der Waals surface area contributed by atoms with Gasteiger partial charge >= 0.3 is 0 Å². The van der Waals surface area contributed by atoms with Crippen LogP contribution in [0.25, 0.3) is 0 Å². The van der Waals surface area contributed by atoms with Crippen LogP contribution in [-0.4, -0.2) is 40.8 Å². The van der Waals surface area contributed by atoms with Crippen molar-refractivity contribution in [2.24, 2.45) is 0 Å². The maximum atomic E-state index is 12.5. The van der Waals surface area contributed by atoms with Gasteiger partial charge in [-0.2, -0.15) is 4.31 Å². The van der Waals surface area contributed by atoms with Crippen molar-refractivity contribution >= 4 is 21.6 Å². The van der Waals surface area contributed by atoms with Crippen LogP contribution in [0.15, 0.2) is 41.6 Å². The molecule has 0 radical (unpaired) electrons. The summed E-state index contributed by atoms with van der Waals surface area (Å²) in [6, 6.07) is 6.49. The zero-order valence-electron chi connectivity index (χ0n) is 11.3. The monoisotopic (exact) mass is 326 g/mol. The van der Waals surface area contributed by atoms with Gasteiger partial charge in [-0.25, -0.2) is 13.1 Å². The number of aromatic nitrogens is 3. The number of sulfonamides is 1. The van der Waals surface area contributed by atoms with Crippen LogP contribution in [0.2, 0.25) is 5.02 Å². The molecule has 1 aromatic heterocycles. The van der Waals surface area contributed by atoms with Gasteiger partial charge < -0.3 is 0 Å². The molecule has 0 spiro atoms. The smallest absolute Gasteiger partial charge is 0.243 e. The molecule has 112 valence electrons. The van der Waals surface area contributed by atoms with E-state index in [1.165, 1.54) is 4.31 Å². The van der Waals surface area contributed by atoms with E-state index in [9.17, 15) is 8.42 Å². The summed E-state index contributed by atoms with van der Waals surface area (Å²) >= 11 is 5.80. The zero-order valence-corrected chi connectivity index (χ0v) is 12.8. The van der Waals surface area contributed by atoms with E-state index in [1.807, 2.05) is 6.20 Å². The van der Waals surface area contributed by atoms with E-state index in [-0.39, 0.29) is 10.9 Å². The van der Waals surface area contributed by atoms with Gasteiger partial charge in [-0.15, -0.1) is 5.10 Å². The van der Waals surface area contributed by atoms with Gasteiger partial charge in [0, 0.05) is 24.3 Å². The van der Waals surface area contributed by atoms with Gasteiger partial charge in [-0.1, -0.05) is 16.8 Å². The normalized spacial score (nSPS) is 18.0. The van der Waals surface area contributed by atoms with E-state index in [0.717, 1.165) is 12.8 Å². The molecule has 1 aliphatic rings. The third-order valence-electron chi connectivity index (χ3n) is 3.69. The lowest BCUT2D eigenvalue weighted by Crippen LogP contribution is -2.39. The molecule has 21 heavy (non-hydrogen) atoms. The van der Waals surface area contributed by atoms with Crippen molar-refractivity contribution in [3.8, 4) is 0 Å². The molecule has 1 aliphatic heterocycles. The van der Waals surface area contributed by atoms with Crippen LogP contribution in [0.5, 0.6) is 0 Å². The maximum Gasteiger partial charge on any atom is 0.243 e. The molecule has 1 saturated heterocycles. The van der Waals surface area contributed by atoms with Gasteiger partial charge in [0.15, 0.2) is 0 Å². The van der Waals surface area contributed by atoms with Crippen molar-refractivity contribution in [2.75, 3.05) is 13.1 Å². The quantitative estimate of drug-likeness (QED) is 0.864. The lowest BCUT2D eigenvalue weighted by Gasteiger charge is -2.31. The molecule has 0 atom stereocenters. The summed E-state index contributed by atoms with van der Waals surface area (Å²) < 4.78 is 28.4. The van der Waals surface area contributed by atoms with Crippen molar-refractivity contribution in [2.45, 2.75) is 23.8 Å². The van der Waals surface area contributed by atoms with Crippen LogP contribution in [-0.2, 0) is 10.0 Å². The fourth-order valence-electron chi connectivity index (χ4n) is 2.51. The molecule has 0 aliphatic carbocycles. The Kier molecular flexibility index (Phi) is 3.97. The Morgan fingerprint density at radius 1 is 1.14 bits per heavy atom. The highest BCUT2D eigenvalue weighted by molar-refractivity contribution is 7.89. The van der Waals surface area contributed by atoms with Crippen molar-refractivity contribution in [1.82, 2.24) is 19.3 Å². The minimum Gasteiger partial charge on any atom is -0.249 e. The summed E-state index contributed by atoms with van der Waals surface area (Å²) in [6.07, 6.45) is 4.91. The highest BCUT2D eigenvalue weighted by Gasteiger charge is 2.30. The lowest BCUT2D eigenvalue weighted by atomic mass is 10.1. The van der Waals surface area contributed by atoms with E-state index < -0.39 is 10.0 Å². The maximum absolute atomic E-state index is 12.5. The average Bonchev–Trinajstić information content (AvgIpc) is 3.02. The highest BCUT2D eigenvalue weighted by atomic mass is 35.5. The number of rotatable bonds is 3. The number of hydrogen-bond donors (Lipinski definition) is 0. The third kappa shape index (κ3) is 2.95. The molecule has 2 aromatic rings. The summed E-state index contributed by atoms with van der Waals surface area (Å²) in [4.78, 5) is 0.283. The second-order valence-electron chi connectivity index (χ2n) is 4.97. The predicted molar refractivity (Wildman–Crippen MR) is 78.5 cm³/mol. The molecule has 8 heteroatoms.